The van der Waals surface area contributed by atoms with Crippen LogP contribution in [-0.2, 0) is 20.8 Å². The van der Waals surface area contributed by atoms with Crippen LogP contribution >= 0.6 is 0 Å². The Labute approximate surface area is 205 Å². The lowest BCUT2D eigenvalue weighted by Crippen LogP contribution is -2.54. The molecule has 35 heavy (non-hydrogen) atoms. The van der Waals surface area contributed by atoms with Crippen LogP contribution in [0, 0.1) is 6.92 Å². The Morgan fingerprint density at radius 1 is 1.03 bits per heavy atom. The van der Waals surface area contributed by atoms with Gasteiger partial charge < -0.3 is 21.7 Å². The minimum Gasteiger partial charge on any atom is -0.368 e. The van der Waals surface area contributed by atoms with E-state index >= 15 is 0 Å². The highest BCUT2D eigenvalue weighted by Crippen LogP contribution is 2.39. The highest BCUT2D eigenvalue weighted by Gasteiger charge is 2.37. The van der Waals surface area contributed by atoms with E-state index in [9.17, 15) is 14.4 Å². The molecule has 0 fully saturated rings. The summed E-state index contributed by atoms with van der Waals surface area (Å²) >= 11 is 0. The minimum absolute atomic E-state index is 0.177. The van der Waals surface area contributed by atoms with Gasteiger partial charge in [0.1, 0.15) is 12.6 Å². The molecule has 3 amide bonds. The molecule has 1 aliphatic heterocycles. The molecule has 0 saturated heterocycles. The van der Waals surface area contributed by atoms with Crippen molar-refractivity contribution in [1.82, 2.24) is 5.32 Å². The monoisotopic (exact) mass is 470 g/mol. The lowest BCUT2D eigenvalue weighted by Gasteiger charge is -2.26. The van der Waals surface area contributed by atoms with Crippen molar-refractivity contribution in [2.75, 3.05) is 11.4 Å². The van der Waals surface area contributed by atoms with E-state index in [1.54, 1.807) is 0 Å². The minimum atomic E-state index is -0.874. The number of carbonyl (C=O) groups excluding carboxylic acids is 3. The summed E-state index contributed by atoms with van der Waals surface area (Å²) in [6, 6.07) is 23.5. The van der Waals surface area contributed by atoms with E-state index in [-0.39, 0.29) is 18.4 Å². The number of aryl methyl sites for hydroxylation is 1. The quantitative estimate of drug-likeness (QED) is 0.491. The predicted octanol–water partition coefficient (Wildman–Crippen LogP) is 2.40. The van der Waals surface area contributed by atoms with Crippen molar-refractivity contribution >= 4 is 23.4 Å². The first-order valence-electron chi connectivity index (χ1n) is 11.7. The smallest absolute Gasteiger partial charge is 0.250 e. The molecule has 1 heterocycles. The Hall–Kier alpha value is -3.97. The summed E-state index contributed by atoms with van der Waals surface area (Å²) in [7, 11) is 0. The molecule has 7 nitrogen and oxygen atoms in total. The normalized spacial score (nSPS) is 18.3. The number of nitrogens with one attached hydrogen (secondary N) is 1. The molecule has 0 spiro atoms. The Morgan fingerprint density at radius 2 is 1.69 bits per heavy atom. The largest absolute Gasteiger partial charge is 0.368 e. The van der Waals surface area contributed by atoms with Crippen LogP contribution in [-0.4, -0.2) is 36.3 Å². The van der Waals surface area contributed by atoms with Crippen molar-refractivity contribution in [2.45, 2.75) is 37.8 Å². The van der Waals surface area contributed by atoms with Gasteiger partial charge in [0.05, 0.1) is 6.04 Å². The third-order valence-electron chi connectivity index (χ3n) is 6.36. The van der Waals surface area contributed by atoms with Crippen LogP contribution in [0.5, 0.6) is 0 Å². The molecule has 5 N–H and O–H groups in total. The van der Waals surface area contributed by atoms with Gasteiger partial charge in [0.25, 0.3) is 0 Å². The second-order valence-electron chi connectivity index (χ2n) is 9.01. The molecule has 1 aliphatic rings. The number of nitrogens with zero attached hydrogens (tertiary/aromatic N) is 1. The fraction of sp³-hybridized carbons (Fsp3) is 0.250. The Kier molecular flexibility index (Phi) is 7.27. The van der Waals surface area contributed by atoms with Gasteiger partial charge in [0.2, 0.25) is 17.7 Å². The van der Waals surface area contributed by atoms with Crippen LogP contribution in [0.3, 0.4) is 0 Å². The molecule has 3 unspecified atom stereocenters. The number of carbonyl (C=O) groups is 3. The number of primary amides is 1. The molecule has 7 heteroatoms. The van der Waals surface area contributed by atoms with Crippen LogP contribution in [0.1, 0.15) is 34.6 Å². The third-order valence-corrected chi connectivity index (χ3v) is 6.36. The molecule has 0 aliphatic carbocycles. The van der Waals surface area contributed by atoms with Gasteiger partial charge in [0, 0.05) is 11.6 Å². The van der Waals surface area contributed by atoms with Crippen LogP contribution in [0.4, 0.5) is 5.69 Å². The highest BCUT2D eigenvalue weighted by molar-refractivity contribution is 6.04. The summed E-state index contributed by atoms with van der Waals surface area (Å²) in [5.41, 5.74) is 16.2. The fourth-order valence-electron chi connectivity index (χ4n) is 4.63. The standard InChI is InChI=1S/C28H30N4O3/c1-18-12-13-21-22(20-10-6-3-7-11-20)16-24(28(35)32(17-26(30)33)25(21)14-18)31-27(34)23(29)15-19-8-4-2-5-9-19/h2-14,22-24H,15-17,29H2,1H3,(H2,30,33)(H,31,34). The number of benzene rings is 3. The molecule has 3 atom stereocenters. The molecule has 0 radical (unpaired) electrons. The van der Waals surface area contributed by atoms with Crippen molar-refractivity contribution in [2.24, 2.45) is 11.5 Å². The first-order chi connectivity index (χ1) is 16.8. The molecule has 3 aromatic carbocycles. The van der Waals surface area contributed by atoms with Crippen LogP contribution in [0.15, 0.2) is 78.9 Å². The van der Waals surface area contributed by atoms with E-state index in [4.69, 9.17) is 11.5 Å². The zero-order valence-electron chi connectivity index (χ0n) is 19.7. The average molecular weight is 471 g/mol. The van der Waals surface area contributed by atoms with Crippen molar-refractivity contribution < 1.29 is 14.4 Å². The molecule has 4 rings (SSSR count). The molecule has 180 valence electrons. The van der Waals surface area contributed by atoms with Gasteiger partial charge >= 0.3 is 0 Å². The number of rotatable bonds is 7. The molecule has 3 aromatic rings. The SMILES string of the molecule is Cc1ccc2c(c1)N(CC(N)=O)C(=O)C(NC(=O)C(N)Cc1ccccc1)CC2c1ccccc1. The van der Waals surface area contributed by atoms with Crippen molar-refractivity contribution in [3.63, 3.8) is 0 Å². The number of fused-ring (bicyclic) bond motifs is 1. The maximum atomic E-state index is 13.7. The second-order valence-corrected chi connectivity index (χ2v) is 9.01. The van der Waals surface area contributed by atoms with Gasteiger partial charge in [-0.2, -0.15) is 0 Å². The van der Waals surface area contributed by atoms with E-state index in [0.29, 0.717) is 18.5 Å². The van der Waals surface area contributed by atoms with E-state index < -0.39 is 23.9 Å². The first kappa shape index (κ1) is 24.2. The lowest BCUT2D eigenvalue weighted by atomic mass is 9.85. The molecule has 0 aromatic heterocycles. The van der Waals surface area contributed by atoms with Crippen molar-refractivity contribution in [1.29, 1.82) is 0 Å². The summed E-state index contributed by atoms with van der Waals surface area (Å²) in [6.07, 6.45) is 0.679. The Balaban J connectivity index is 1.69. The Bertz CT molecular complexity index is 1210. The van der Waals surface area contributed by atoms with Crippen molar-refractivity contribution in [3.05, 3.63) is 101 Å². The molecular weight excluding hydrogens is 440 g/mol. The Morgan fingerprint density at radius 3 is 2.34 bits per heavy atom. The number of hydrogen-bond acceptors (Lipinski definition) is 4. The van der Waals surface area contributed by atoms with E-state index in [1.807, 2.05) is 85.8 Å². The molecular formula is C28H30N4O3. The number of anilines is 1. The fourth-order valence-corrected chi connectivity index (χ4v) is 4.63. The zero-order chi connectivity index (χ0) is 24.9. The molecule has 0 bridgehead atoms. The topological polar surface area (TPSA) is 119 Å². The van der Waals surface area contributed by atoms with Gasteiger partial charge in [-0.25, -0.2) is 0 Å². The average Bonchev–Trinajstić information content (AvgIpc) is 2.95. The van der Waals surface area contributed by atoms with Crippen LogP contribution in [0.25, 0.3) is 0 Å². The molecule has 0 saturated carbocycles. The van der Waals surface area contributed by atoms with E-state index in [1.165, 1.54) is 4.90 Å². The maximum Gasteiger partial charge on any atom is 0.250 e. The van der Waals surface area contributed by atoms with E-state index in [2.05, 4.69) is 5.32 Å². The van der Waals surface area contributed by atoms with Crippen molar-refractivity contribution in [3.8, 4) is 0 Å². The first-order valence-corrected chi connectivity index (χ1v) is 11.7. The summed E-state index contributed by atoms with van der Waals surface area (Å²) < 4.78 is 0. The summed E-state index contributed by atoms with van der Waals surface area (Å²) in [4.78, 5) is 40.1. The third kappa shape index (κ3) is 5.58. The highest BCUT2D eigenvalue weighted by atomic mass is 16.2. The van der Waals surface area contributed by atoms with Crippen LogP contribution < -0.4 is 21.7 Å². The predicted molar refractivity (Wildman–Crippen MR) is 136 cm³/mol. The maximum absolute atomic E-state index is 13.7. The second kappa shape index (κ2) is 10.5. The lowest BCUT2D eigenvalue weighted by molar-refractivity contribution is -0.128. The summed E-state index contributed by atoms with van der Waals surface area (Å²) in [5, 5.41) is 2.87. The summed E-state index contributed by atoms with van der Waals surface area (Å²) in [5.74, 6) is -1.60. The number of amides is 3. The van der Waals surface area contributed by atoms with E-state index in [0.717, 1.165) is 22.3 Å². The van der Waals surface area contributed by atoms with Gasteiger partial charge in [-0.15, -0.1) is 0 Å². The number of nitrogens with two attached hydrogens (primary N) is 2. The van der Waals surface area contributed by atoms with Gasteiger partial charge in [-0.05, 0) is 48.1 Å². The van der Waals surface area contributed by atoms with Gasteiger partial charge in [-0.1, -0.05) is 72.8 Å². The van der Waals surface area contributed by atoms with Crippen LogP contribution in [0.2, 0.25) is 0 Å². The van der Waals surface area contributed by atoms with Gasteiger partial charge in [0.15, 0.2) is 0 Å². The van der Waals surface area contributed by atoms with Gasteiger partial charge in [-0.3, -0.25) is 14.4 Å². The zero-order valence-corrected chi connectivity index (χ0v) is 19.7. The summed E-state index contributed by atoms with van der Waals surface area (Å²) in [6.45, 7) is 1.65. The number of hydrogen-bond donors (Lipinski definition) is 3.